The molecule has 2 aromatic heterocycles. The Morgan fingerprint density at radius 3 is 1.40 bits per heavy atom. The average molecular weight is 708 g/mol. The minimum Gasteiger partial charge on any atom is -0.309 e. The first-order chi connectivity index (χ1) is 26.7. The zero-order chi connectivity index (χ0) is 37.5. The summed E-state index contributed by atoms with van der Waals surface area (Å²) in [4.78, 5) is 9.51. The van der Waals surface area contributed by atoms with Gasteiger partial charge in [0.15, 0.2) is 0 Å². The SMILES string of the molecule is Cc1cc(C)c(-c2ccc3c(c2)c2cc(-c4c(C)cc(C)cc4C)ccc2n3-c2cccc(-c3ccc4c(c3)c3ccccc3c3nccnc43)c2)c(C)c1. The zero-order valence-corrected chi connectivity index (χ0v) is 32.1. The van der Waals surface area contributed by atoms with Gasteiger partial charge in [-0.2, -0.15) is 0 Å². The van der Waals surface area contributed by atoms with Crippen LogP contribution in [0.2, 0.25) is 0 Å². The topological polar surface area (TPSA) is 30.7 Å². The highest BCUT2D eigenvalue weighted by atomic mass is 15.0. The molecule has 0 unspecified atom stereocenters. The Hall–Kier alpha value is -6.58. The van der Waals surface area contributed by atoms with Crippen LogP contribution in [0.1, 0.15) is 33.4 Å². The molecule has 8 aromatic carbocycles. The Labute approximate surface area is 321 Å². The zero-order valence-electron chi connectivity index (χ0n) is 32.1. The van der Waals surface area contributed by atoms with E-state index >= 15 is 0 Å². The number of hydrogen-bond acceptors (Lipinski definition) is 2. The summed E-state index contributed by atoms with van der Waals surface area (Å²) in [7, 11) is 0. The number of aromatic nitrogens is 3. The molecule has 0 spiro atoms. The molecule has 10 aromatic rings. The second-order valence-electron chi connectivity index (χ2n) is 15.5. The Balaban J connectivity index is 1.20. The Bertz CT molecular complexity index is 3020. The summed E-state index contributed by atoms with van der Waals surface area (Å²) in [5, 5.41) is 7.13. The third-order valence-electron chi connectivity index (χ3n) is 11.6. The number of nitrogens with zero attached hydrogens (tertiary/aromatic N) is 3. The Morgan fingerprint density at radius 2 is 0.836 bits per heavy atom. The Kier molecular flexibility index (Phi) is 7.50. The van der Waals surface area contributed by atoms with Gasteiger partial charge in [0.2, 0.25) is 0 Å². The van der Waals surface area contributed by atoms with Gasteiger partial charge in [-0.05, 0) is 150 Å². The molecule has 0 aliphatic heterocycles. The first kappa shape index (κ1) is 33.0. The monoisotopic (exact) mass is 707 g/mol. The molecule has 0 bridgehead atoms. The van der Waals surface area contributed by atoms with Gasteiger partial charge in [-0.15, -0.1) is 0 Å². The van der Waals surface area contributed by atoms with Crippen LogP contribution < -0.4 is 0 Å². The van der Waals surface area contributed by atoms with Crippen LogP contribution in [0.25, 0.3) is 93.5 Å². The van der Waals surface area contributed by atoms with Crippen molar-refractivity contribution in [3.05, 3.63) is 173 Å². The van der Waals surface area contributed by atoms with Crippen molar-refractivity contribution >= 4 is 54.4 Å². The van der Waals surface area contributed by atoms with Crippen molar-refractivity contribution in [1.82, 2.24) is 14.5 Å². The lowest BCUT2D eigenvalue weighted by atomic mass is 9.91. The van der Waals surface area contributed by atoms with Gasteiger partial charge in [0.25, 0.3) is 0 Å². The lowest BCUT2D eigenvalue weighted by molar-refractivity contribution is 1.18. The Morgan fingerprint density at radius 1 is 0.364 bits per heavy atom. The van der Waals surface area contributed by atoms with Gasteiger partial charge in [0.05, 0.1) is 22.1 Å². The molecule has 0 aliphatic carbocycles. The van der Waals surface area contributed by atoms with Crippen LogP contribution in [0, 0.1) is 41.5 Å². The van der Waals surface area contributed by atoms with E-state index in [1.165, 1.54) is 99.3 Å². The van der Waals surface area contributed by atoms with Crippen molar-refractivity contribution in [2.75, 3.05) is 0 Å². The van der Waals surface area contributed by atoms with Gasteiger partial charge < -0.3 is 4.57 Å². The van der Waals surface area contributed by atoms with E-state index in [1.54, 1.807) is 12.4 Å². The largest absolute Gasteiger partial charge is 0.309 e. The van der Waals surface area contributed by atoms with E-state index in [1.807, 2.05) is 0 Å². The highest BCUT2D eigenvalue weighted by Gasteiger charge is 2.18. The molecule has 10 rings (SSSR count). The van der Waals surface area contributed by atoms with Gasteiger partial charge in [0, 0.05) is 39.6 Å². The third-order valence-corrected chi connectivity index (χ3v) is 11.6. The maximum atomic E-state index is 4.78. The number of rotatable bonds is 4. The van der Waals surface area contributed by atoms with Crippen LogP contribution in [0.5, 0.6) is 0 Å². The fourth-order valence-corrected chi connectivity index (χ4v) is 9.52. The highest BCUT2D eigenvalue weighted by Crippen LogP contribution is 2.41. The van der Waals surface area contributed by atoms with E-state index in [0.29, 0.717) is 0 Å². The number of fused-ring (bicyclic) bond motifs is 9. The van der Waals surface area contributed by atoms with Crippen LogP contribution in [-0.4, -0.2) is 14.5 Å². The summed E-state index contributed by atoms with van der Waals surface area (Å²) in [5.74, 6) is 0. The number of hydrogen-bond donors (Lipinski definition) is 0. The maximum absolute atomic E-state index is 4.78. The lowest BCUT2D eigenvalue weighted by Crippen LogP contribution is -1.95. The van der Waals surface area contributed by atoms with E-state index in [0.717, 1.165) is 27.5 Å². The molecule has 0 N–H and O–H groups in total. The van der Waals surface area contributed by atoms with Crippen LogP contribution in [0.15, 0.2) is 140 Å². The van der Waals surface area contributed by atoms with Crippen LogP contribution in [0.3, 0.4) is 0 Å². The molecule has 55 heavy (non-hydrogen) atoms. The second kappa shape index (κ2) is 12.5. The van der Waals surface area contributed by atoms with Gasteiger partial charge >= 0.3 is 0 Å². The van der Waals surface area contributed by atoms with Gasteiger partial charge in [-0.25, -0.2) is 0 Å². The minimum absolute atomic E-state index is 0.938. The molecule has 0 saturated carbocycles. The molecular weight excluding hydrogens is 667 g/mol. The predicted molar refractivity (Wildman–Crippen MR) is 234 cm³/mol. The van der Waals surface area contributed by atoms with Crippen molar-refractivity contribution in [2.45, 2.75) is 41.5 Å². The summed E-state index contributed by atoms with van der Waals surface area (Å²) in [5.41, 5.74) is 20.7. The van der Waals surface area contributed by atoms with Crippen molar-refractivity contribution in [3.8, 4) is 39.1 Å². The van der Waals surface area contributed by atoms with Crippen LogP contribution in [-0.2, 0) is 0 Å². The summed E-state index contributed by atoms with van der Waals surface area (Å²) < 4.78 is 2.45. The van der Waals surface area contributed by atoms with E-state index in [4.69, 9.17) is 9.97 Å². The van der Waals surface area contributed by atoms with Crippen LogP contribution in [0.4, 0.5) is 0 Å². The molecule has 0 aliphatic rings. The van der Waals surface area contributed by atoms with E-state index in [-0.39, 0.29) is 0 Å². The van der Waals surface area contributed by atoms with Gasteiger partial charge in [-0.3, -0.25) is 9.97 Å². The normalized spacial score (nSPS) is 11.8. The number of aryl methyl sites for hydroxylation is 6. The summed E-state index contributed by atoms with van der Waals surface area (Å²) in [6.07, 6.45) is 3.57. The van der Waals surface area contributed by atoms with Gasteiger partial charge in [0.1, 0.15) is 0 Å². The first-order valence-corrected chi connectivity index (χ1v) is 19.1. The lowest BCUT2D eigenvalue weighted by Gasteiger charge is -2.14. The fraction of sp³-hybridized carbons (Fsp3) is 0.115. The van der Waals surface area contributed by atoms with Crippen molar-refractivity contribution in [1.29, 1.82) is 0 Å². The molecule has 0 amide bonds. The fourth-order valence-electron chi connectivity index (χ4n) is 9.52. The summed E-state index contributed by atoms with van der Waals surface area (Å²) >= 11 is 0. The molecule has 264 valence electrons. The first-order valence-electron chi connectivity index (χ1n) is 19.1. The third kappa shape index (κ3) is 5.26. The average Bonchev–Trinajstić information content (AvgIpc) is 3.50. The quantitative estimate of drug-likeness (QED) is 0.171. The second-order valence-corrected chi connectivity index (χ2v) is 15.5. The number of benzene rings is 8. The molecule has 3 heteroatoms. The van der Waals surface area contributed by atoms with Crippen molar-refractivity contribution in [2.24, 2.45) is 0 Å². The van der Waals surface area contributed by atoms with E-state index < -0.39 is 0 Å². The van der Waals surface area contributed by atoms with E-state index in [9.17, 15) is 0 Å². The summed E-state index contributed by atoms with van der Waals surface area (Å²) in [6.45, 7) is 13.3. The standard InChI is InChI=1S/C52H41N3/c1-30-22-32(3)49(33(4)23-30)38-15-18-47-45(28-38)46-29-39(50-34(5)24-31(2)25-35(50)6)16-19-48(46)55(47)40-11-9-10-36(26-40)37-14-17-43-44(27-37)41-12-7-8-13-42(41)51-52(43)54-21-20-53-51/h7-29H,1-6H3. The molecule has 2 heterocycles. The molecule has 0 fully saturated rings. The smallest absolute Gasteiger partial charge is 0.0971 e. The van der Waals surface area contributed by atoms with Crippen LogP contribution >= 0.6 is 0 Å². The van der Waals surface area contributed by atoms with Crippen molar-refractivity contribution < 1.29 is 0 Å². The minimum atomic E-state index is 0.938. The summed E-state index contributed by atoms with van der Waals surface area (Å²) in [6, 6.07) is 47.6. The highest BCUT2D eigenvalue weighted by molar-refractivity contribution is 6.23. The molecule has 3 nitrogen and oxygen atoms in total. The van der Waals surface area contributed by atoms with E-state index in [2.05, 4.69) is 174 Å². The maximum Gasteiger partial charge on any atom is 0.0971 e. The predicted octanol–water partition coefficient (Wildman–Crippen LogP) is 13.9. The molecule has 0 atom stereocenters. The van der Waals surface area contributed by atoms with Crippen molar-refractivity contribution in [3.63, 3.8) is 0 Å². The van der Waals surface area contributed by atoms with Gasteiger partial charge in [-0.1, -0.05) is 96.1 Å². The molecular formula is C52H41N3. The molecule has 0 saturated heterocycles. The molecule has 0 radical (unpaired) electrons.